The van der Waals surface area contributed by atoms with Gasteiger partial charge in [0, 0.05) is 19.7 Å². The fraction of sp³-hybridized carbons (Fsp3) is 0.600. The molecule has 1 aliphatic rings. The maximum atomic E-state index is 9.95. The Kier molecular flexibility index (Phi) is 4.32. The van der Waals surface area contributed by atoms with Crippen LogP contribution in [-0.2, 0) is 4.74 Å². The summed E-state index contributed by atoms with van der Waals surface area (Å²) < 4.78 is 5.51. The lowest BCUT2D eigenvalue weighted by Crippen LogP contribution is -2.44. The molecule has 0 aliphatic carbocycles. The number of likely N-dealkylation sites (tertiary alicyclic amines) is 1. The van der Waals surface area contributed by atoms with Crippen LogP contribution < -0.4 is 0 Å². The molecule has 0 saturated carbocycles. The Morgan fingerprint density at radius 1 is 1.32 bits per heavy atom. The largest absolute Gasteiger partial charge is 0.507 e. The molecule has 106 valence electrons. The van der Waals surface area contributed by atoms with Crippen molar-refractivity contribution in [3.05, 3.63) is 23.8 Å². The predicted octanol–water partition coefficient (Wildman–Crippen LogP) is 2.52. The number of methoxy groups -OCH3 is 1. The molecule has 0 amide bonds. The molecular weight excluding hydrogens is 242 g/mol. The zero-order valence-electron chi connectivity index (χ0n) is 11.8. The summed E-state index contributed by atoms with van der Waals surface area (Å²) in [5.41, 5.74) is 0.604. The SMILES string of the molecule is COC1CN(C(C)c2c(O)cccc2O)CCC1C. The van der Waals surface area contributed by atoms with Crippen LogP contribution in [0, 0.1) is 5.92 Å². The maximum Gasteiger partial charge on any atom is 0.124 e. The Hall–Kier alpha value is -1.26. The van der Waals surface area contributed by atoms with Gasteiger partial charge < -0.3 is 14.9 Å². The zero-order valence-corrected chi connectivity index (χ0v) is 11.8. The van der Waals surface area contributed by atoms with Crippen LogP contribution in [0.4, 0.5) is 0 Å². The van der Waals surface area contributed by atoms with E-state index in [9.17, 15) is 10.2 Å². The standard InChI is InChI=1S/C15H23NO3/c1-10-7-8-16(9-14(10)19-3)11(2)15-12(17)5-4-6-13(15)18/h4-6,10-11,14,17-18H,7-9H2,1-3H3. The Morgan fingerprint density at radius 2 is 1.95 bits per heavy atom. The number of piperidine rings is 1. The van der Waals surface area contributed by atoms with E-state index in [1.165, 1.54) is 0 Å². The first kappa shape index (κ1) is 14.2. The molecule has 2 N–H and O–H groups in total. The van der Waals surface area contributed by atoms with E-state index >= 15 is 0 Å². The monoisotopic (exact) mass is 265 g/mol. The number of rotatable bonds is 3. The highest BCUT2D eigenvalue weighted by molar-refractivity contribution is 5.45. The molecule has 19 heavy (non-hydrogen) atoms. The van der Waals surface area contributed by atoms with Crippen molar-refractivity contribution < 1.29 is 14.9 Å². The van der Waals surface area contributed by atoms with Gasteiger partial charge in [-0.2, -0.15) is 0 Å². The van der Waals surface area contributed by atoms with Crippen LogP contribution in [0.15, 0.2) is 18.2 Å². The zero-order chi connectivity index (χ0) is 14.0. The van der Waals surface area contributed by atoms with Crippen LogP contribution in [0.3, 0.4) is 0 Å². The number of hydrogen-bond donors (Lipinski definition) is 2. The van der Waals surface area contributed by atoms with E-state index < -0.39 is 0 Å². The molecule has 1 fully saturated rings. The molecule has 1 saturated heterocycles. The van der Waals surface area contributed by atoms with Crippen LogP contribution in [0.1, 0.15) is 31.9 Å². The van der Waals surface area contributed by atoms with Gasteiger partial charge >= 0.3 is 0 Å². The lowest BCUT2D eigenvalue weighted by atomic mass is 9.93. The summed E-state index contributed by atoms with van der Waals surface area (Å²) in [4.78, 5) is 2.25. The lowest BCUT2D eigenvalue weighted by molar-refractivity contribution is -0.0175. The van der Waals surface area contributed by atoms with Crippen molar-refractivity contribution in [1.29, 1.82) is 0 Å². The van der Waals surface area contributed by atoms with E-state index in [1.54, 1.807) is 25.3 Å². The molecule has 1 aromatic carbocycles. The molecule has 2 rings (SSSR count). The first-order chi connectivity index (χ1) is 9.04. The van der Waals surface area contributed by atoms with Gasteiger partial charge in [0.2, 0.25) is 0 Å². The second-order valence-electron chi connectivity index (χ2n) is 5.42. The van der Waals surface area contributed by atoms with Crippen molar-refractivity contribution in [2.24, 2.45) is 5.92 Å². The normalized spacial score (nSPS) is 26.3. The molecule has 0 aromatic heterocycles. The first-order valence-electron chi connectivity index (χ1n) is 6.82. The Bertz CT molecular complexity index is 415. The van der Waals surface area contributed by atoms with Gasteiger partial charge in [0.05, 0.1) is 11.7 Å². The van der Waals surface area contributed by atoms with Gasteiger partial charge in [0.25, 0.3) is 0 Å². The molecule has 0 bridgehead atoms. The van der Waals surface area contributed by atoms with Crippen LogP contribution >= 0.6 is 0 Å². The Labute approximate surface area is 114 Å². The van der Waals surface area contributed by atoms with Crippen molar-refractivity contribution >= 4 is 0 Å². The first-order valence-corrected chi connectivity index (χ1v) is 6.82. The third kappa shape index (κ3) is 2.85. The van der Waals surface area contributed by atoms with Crippen molar-refractivity contribution in [2.75, 3.05) is 20.2 Å². The molecule has 4 nitrogen and oxygen atoms in total. The smallest absolute Gasteiger partial charge is 0.124 e. The summed E-state index contributed by atoms with van der Waals surface area (Å²) in [7, 11) is 1.74. The lowest BCUT2D eigenvalue weighted by Gasteiger charge is -2.39. The van der Waals surface area contributed by atoms with Crippen LogP contribution in [-0.4, -0.2) is 41.4 Å². The average molecular weight is 265 g/mol. The second-order valence-corrected chi connectivity index (χ2v) is 5.42. The summed E-state index contributed by atoms with van der Waals surface area (Å²) in [6.07, 6.45) is 1.28. The average Bonchev–Trinajstić information content (AvgIpc) is 2.39. The van der Waals surface area contributed by atoms with Gasteiger partial charge in [0.1, 0.15) is 11.5 Å². The molecule has 3 unspecified atom stereocenters. The van der Waals surface area contributed by atoms with Crippen molar-refractivity contribution in [2.45, 2.75) is 32.4 Å². The molecule has 1 heterocycles. The highest BCUT2D eigenvalue weighted by atomic mass is 16.5. The molecule has 4 heteroatoms. The van der Waals surface area contributed by atoms with E-state index in [0.717, 1.165) is 19.5 Å². The number of nitrogens with zero attached hydrogens (tertiary/aromatic N) is 1. The molecule has 0 radical (unpaired) electrons. The third-order valence-electron chi connectivity index (χ3n) is 4.25. The summed E-state index contributed by atoms with van der Waals surface area (Å²) in [5, 5.41) is 19.9. The van der Waals surface area contributed by atoms with Gasteiger partial charge in [0.15, 0.2) is 0 Å². The minimum Gasteiger partial charge on any atom is -0.507 e. The van der Waals surface area contributed by atoms with Crippen molar-refractivity contribution in [3.63, 3.8) is 0 Å². The fourth-order valence-electron chi connectivity index (χ4n) is 2.87. The number of phenolic OH excluding ortho intramolecular Hbond substituents is 2. The highest BCUT2D eigenvalue weighted by Crippen LogP contribution is 2.37. The van der Waals surface area contributed by atoms with Gasteiger partial charge in [-0.25, -0.2) is 0 Å². The van der Waals surface area contributed by atoms with Gasteiger partial charge in [-0.05, 0) is 37.9 Å². The summed E-state index contributed by atoms with van der Waals surface area (Å²) >= 11 is 0. The van der Waals surface area contributed by atoms with E-state index in [4.69, 9.17) is 4.74 Å². The van der Waals surface area contributed by atoms with Gasteiger partial charge in [-0.15, -0.1) is 0 Å². The van der Waals surface area contributed by atoms with Crippen LogP contribution in [0.5, 0.6) is 11.5 Å². The van der Waals surface area contributed by atoms with Gasteiger partial charge in [-0.3, -0.25) is 4.90 Å². The Morgan fingerprint density at radius 3 is 2.53 bits per heavy atom. The Balaban J connectivity index is 2.18. The van der Waals surface area contributed by atoms with E-state index in [-0.39, 0.29) is 23.6 Å². The van der Waals surface area contributed by atoms with E-state index in [0.29, 0.717) is 11.5 Å². The second kappa shape index (κ2) is 5.80. The fourth-order valence-corrected chi connectivity index (χ4v) is 2.87. The summed E-state index contributed by atoms with van der Waals surface area (Å²) in [5.74, 6) is 0.853. The van der Waals surface area contributed by atoms with E-state index in [2.05, 4.69) is 11.8 Å². The minimum absolute atomic E-state index is 0.0219. The number of ether oxygens (including phenoxy) is 1. The molecule has 0 spiro atoms. The van der Waals surface area contributed by atoms with Crippen molar-refractivity contribution in [1.82, 2.24) is 4.90 Å². The summed E-state index contributed by atoms with van der Waals surface area (Å²) in [6, 6.07) is 4.86. The van der Waals surface area contributed by atoms with Crippen molar-refractivity contribution in [3.8, 4) is 11.5 Å². The highest BCUT2D eigenvalue weighted by Gasteiger charge is 2.30. The number of aromatic hydroxyl groups is 2. The number of hydrogen-bond acceptors (Lipinski definition) is 4. The quantitative estimate of drug-likeness (QED) is 0.881. The molecule has 3 atom stereocenters. The molecule has 1 aromatic rings. The number of benzene rings is 1. The predicted molar refractivity (Wildman–Crippen MR) is 74.3 cm³/mol. The number of phenols is 2. The third-order valence-corrected chi connectivity index (χ3v) is 4.25. The minimum atomic E-state index is -0.0219. The van der Waals surface area contributed by atoms with Crippen LogP contribution in [0.25, 0.3) is 0 Å². The van der Waals surface area contributed by atoms with Crippen LogP contribution in [0.2, 0.25) is 0 Å². The summed E-state index contributed by atoms with van der Waals surface area (Å²) in [6.45, 7) is 5.99. The molecular formula is C15H23NO3. The van der Waals surface area contributed by atoms with Gasteiger partial charge in [-0.1, -0.05) is 13.0 Å². The molecule has 1 aliphatic heterocycles. The topological polar surface area (TPSA) is 52.9 Å². The maximum absolute atomic E-state index is 9.95. The van der Waals surface area contributed by atoms with E-state index in [1.807, 2.05) is 6.92 Å².